The van der Waals surface area contributed by atoms with E-state index in [1.165, 1.54) is 10.9 Å². The van der Waals surface area contributed by atoms with Gasteiger partial charge < -0.3 is 10.1 Å². The van der Waals surface area contributed by atoms with Gasteiger partial charge in [-0.2, -0.15) is 9.61 Å². The summed E-state index contributed by atoms with van der Waals surface area (Å²) >= 11 is 0. The molecule has 3 heterocycles. The van der Waals surface area contributed by atoms with Gasteiger partial charge in [0.1, 0.15) is 0 Å². The molecule has 3 rings (SSSR count). The Kier molecular flexibility index (Phi) is 2.97. The Labute approximate surface area is 103 Å². The van der Waals surface area contributed by atoms with Crippen LogP contribution >= 0.6 is 0 Å². The van der Waals surface area contributed by atoms with E-state index >= 15 is 0 Å². The first-order valence-electron chi connectivity index (χ1n) is 6.11. The van der Waals surface area contributed by atoms with Crippen molar-refractivity contribution in [2.75, 3.05) is 19.7 Å². The van der Waals surface area contributed by atoms with Gasteiger partial charge in [-0.15, -0.1) is 5.10 Å². The molecule has 0 amide bonds. The highest BCUT2D eigenvalue weighted by atomic mass is 16.5. The smallest absolute Gasteiger partial charge is 0.364 e. The Bertz CT molecular complexity index is 584. The predicted molar refractivity (Wildman–Crippen MR) is 64.7 cm³/mol. The molecule has 0 bridgehead atoms. The van der Waals surface area contributed by atoms with Gasteiger partial charge in [0, 0.05) is 6.07 Å². The summed E-state index contributed by atoms with van der Waals surface area (Å²) in [6.45, 7) is 2.79. The SMILES string of the molecule is O=c1[nH]nc2ccc(OCCC3CCNC3)nn12. The van der Waals surface area contributed by atoms with Crippen molar-refractivity contribution < 1.29 is 4.74 Å². The lowest BCUT2D eigenvalue weighted by Crippen LogP contribution is -2.14. The Balaban J connectivity index is 1.63. The predicted octanol–water partition coefficient (Wildman–Crippen LogP) is -0.204. The highest BCUT2D eigenvalue weighted by molar-refractivity contribution is 5.35. The number of aromatic nitrogens is 4. The summed E-state index contributed by atoms with van der Waals surface area (Å²) in [6.07, 6.45) is 2.21. The van der Waals surface area contributed by atoms with Gasteiger partial charge in [-0.3, -0.25) is 0 Å². The molecule has 7 nitrogen and oxygen atoms in total. The zero-order valence-electron chi connectivity index (χ0n) is 9.93. The van der Waals surface area contributed by atoms with Gasteiger partial charge in [0.25, 0.3) is 0 Å². The number of fused-ring (bicyclic) bond motifs is 1. The van der Waals surface area contributed by atoms with Gasteiger partial charge in [0.2, 0.25) is 5.88 Å². The molecule has 1 fully saturated rings. The number of hydrogen-bond acceptors (Lipinski definition) is 5. The minimum absolute atomic E-state index is 0.351. The minimum atomic E-state index is -0.351. The molecule has 96 valence electrons. The van der Waals surface area contributed by atoms with Crippen LogP contribution in [0.15, 0.2) is 16.9 Å². The maximum atomic E-state index is 11.3. The van der Waals surface area contributed by atoms with Crippen molar-refractivity contribution >= 4 is 5.65 Å². The van der Waals surface area contributed by atoms with Crippen LogP contribution in [0.3, 0.4) is 0 Å². The molecule has 2 aromatic heterocycles. The third kappa shape index (κ3) is 2.21. The fraction of sp³-hybridized carbons (Fsp3) is 0.545. The first-order chi connectivity index (χ1) is 8.83. The second-order valence-electron chi connectivity index (χ2n) is 4.47. The van der Waals surface area contributed by atoms with Crippen LogP contribution in [0.2, 0.25) is 0 Å². The molecule has 7 heteroatoms. The summed E-state index contributed by atoms with van der Waals surface area (Å²) < 4.78 is 6.76. The quantitative estimate of drug-likeness (QED) is 0.783. The van der Waals surface area contributed by atoms with Crippen molar-refractivity contribution in [3.05, 3.63) is 22.6 Å². The van der Waals surface area contributed by atoms with Crippen molar-refractivity contribution in [2.24, 2.45) is 5.92 Å². The van der Waals surface area contributed by atoms with Crippen LogP contribution in [0.5, 0.6) is 5.88 Å². The second-order valence-corrected chi connectivity index (χ2v) is 4.47. The van der Waals surface area contributed by atoms with E-state index in [2.05, 4.69) is 20.6 Å². The topological polar surface area (TPSA) is 84.3 Å². The van der Waals surface area contributed by atoms with Gasteiger partial charge in [-0.25, -0.2) is 9.89 Å². The lowest BCUT2D eigenvalue weighted by Gasteiger charge is -2.08. The van der Waals surface area contributed by atoms with E-state index in [-0.39, 0.29) is 5.69 Å². The van der Waals surface area contributed by atoms with E-state index in [0.29, 0.717) is 24.1 Å². The van der Waals surface area contributed by atoms with Gasteiger partial charge in [0.05, 0.1) is 6.61 Å². The first kappa shape index (κ1) is 11.2. The molecule has 2 N–H and O–H groups in total. The molecule has 0 aromatic carbocycles. The molecule has 1 saturated heterocycles. The van der Waals surface area contributed by atoms with Crippen LogP contribution in [0.1, 0.15) is 12.8 Å². The Morgan fingerprint density at radius 3 is 3.28 bits per heavy atom. The van der Waals surface area contributed by atoms with Crippen LogP contribution in [-0.2, 0) is 0 Å². The molecule has 0 aliphatic carbocycles. The van der Waals surface area contributed by atoms with Crippen LogP contribution in [0.25, 0.3) is 5.65 Å². The summed E-state index contributed by atoms with van der Waals surface area (Å²) in [7, 11) is 0. The summed E-state index contributed by atoms with van der Waals surface area (Å²) in [5.41, 5.74) is 0.141. The normalized spacial score (nSPS) is 19.4. The van der Waals surface area contributed by atoms with Gasteiger partial charge in [-0.1, -0.05) is 0 Å². The molecule has 1 atom stereocenters. The van der Waals surface area contributed by atoms with Crippen molar-refractivity contribution in [1.82, 2.24) is 25.1 Å². The maximum absolute atomic E-state index is 11.3. The number of nitrogens with one attached hydrogen (secondary N) is 2. The number of ether oxygens (including phenoxy) is 1. The van der Waals surface area contributed by atoms with E-state index in [0.717, 1.165) is 19.5 Å². The summed E-state index contributed by atoms with van der Waals surface area (Å²) in [6, 6.07) is 3.43. The summed E-state index contributed by atoms with van der Waals surface area (Å²) in [5, 5.41) is 13.5. The number of aromatic amines is 1. The zero-order valence-corrected chi connectivity index (χ0v) is 9.93. The molecular formula is C11H15N5O2. The van der Waals surface area contributed by atoms with Crippen LogP contribution in [0, 0.1) is 5.92 Å². The Hall–Kier alpha value is -1.89. The van der Waals surface area contributed by atoms with E-state index in [4.69, 9.17) is 4.74 Å². The lowest BCUT2D eigenvalue weighted by molar-refractivity contribution is 0.270. The van der Waals surface area contributed by atoms with E-state index < -0.39 is 0 Å². The molecule has 0 spiro atoms. The van der Waals surface area contributed by atoms with Crippen LogP contribution in [-0.4, -0.2) is 39.5 Å². The van der Waals surface area contributed by atoms with Crippen molar-refractivity contribution in [1.29, 1.82) is 0 Å². The number of rotatable bonds is 4. The van der Waals surface area contributed by atoms with Crippen molar-refractivity contribution in [2.45, 2.75) is 12.8 Å². The van der Waals surface area contributed by atoms with Gasteiger partial charge in [-0.05, 0) is 37.9 Å². The molecule has 0 radical (unpaired) electrons. The van der Waals surface area contributed by atoms with Crippen molar-refractivity contribution in [3.8, 4) is 5.88 Å². The highest BCUT2D eigenvalue weighted by Gasteiger charge is 2.14. The maximum Gasteiger partial charge on any atom is 0.364 e. The molecule has 1 aliphatic heterocycles. The van der Waals surface area contributed by atoms with Crippen molar-refractivity contribution in [3.63, 3.8) is 0 Å². The monoisotopic (exact) mass is 249 g/mol. The van der Waals surface area contributed by atoms with E-state index in [1.54, 1.807) is 12.1 Å². The fourth-order valence-corrected chi connectivity index (χ4v) is 2.15. The highest BCUT2D eigenvalue weighted by Crippen LogP contribution is 2.13. The van der Waals surface area contributed by atoms with E-state index in [1.807, 2.05) is 0 Å². The minimum Gasteiger partial charge on any atom is -0.477 e. The zero-order chi connectivity index (χ0) is 12.4. The average Bonchev–Trinajstić information content (AvgIpc) is 3.01. The molecule has 1 aliphatic rings. The number of hydrogen-bond donors (Lipinski definition) is 2. The Morgan fingerprint density at radius 2 is 2.44 bits per heavy atom. The van der Waals surface area contributed by atoms with Crippen LogP contribution in [0.4, 0.5) is 0 Å². The number of H-pyrrole nitrogens is 1. The van der Waals surface area contributed by atoms with Gasteiger partial charge >= 0.3 is 5.69 Å². The van der Waals surface area contributed by atoms with Gasteiger partial charge in [0.15, 0.2) is 5.65 Å². The third-order valence-electron chi connectivity index (χ3n) is 3.19. The van der Waals surface area contributed by atoms with E-state index in [9.17, 15) is 4.79 Å². The largest absolute Gasteiger partial charge is 0.477 e. The lowest BCUT2D eigenvalue weighted by atomic mass is 10.1. The molecule has 1 unspecified atom stereocenters. The summed E-state index contributed by atoms with van der Waals surface area (Å²) in [5.74, 6) is 1.14. The van der Waals surface area contributed by atoms with Crippen LogP contribution < -0.4 is 15.7 Å². The molecule has 2 aromatic rings. The molecule has 0 saturated carbocycles. The Morgan fingerprint density at radius 1 is 1.50 bits per heavy atom. The number of nitrogens with zero attached hydrogens (tertiary/aromatic N) is 3. The molecule has 18 heavy (non-hydrogen) atoms. The first-order valence-corrected chi connectivity index (χ1v) is 6.11. The standard InChI is InChI=1S/C11H15N5O2/c17-11-14-13-9-1-2-10(15-16(9)11)18-6-4-8-3-5-12-7-8/h1-2,8,12H,3-7H2,(H,14,17). The third-order valence-corrected chi connectivity index (χ3v) is 3.19. The second kappa shape index (κ2) is 4.77. The average molecular weight is 249 g/mol. The fourth-order valence-electron chi connectivity index (χ4n) is 2.15. The molecular weight excluding hydrogens is 234 g/mol. The summed E-state index contributed by atoms with van der Waals surface area (Å²) in [4.78, 5) is 11.3.